The maximum atomic E-state index is 13.1. The lowest BCUT2D eigenvalue weighted by Gasteiger charge is -2.11. The molecule has 15 heavy (non-hydrogen) atoms. The highest BCUT2D eigenvalue weighted by molar-refractivity contribution is 5.84. The molecule has 0 fully saturated rings. The number of aromatic nitrogens is 1. The Labute approximate surface area is 87.7 Å². The van der Waals surface area contributed by atoms with E-state index in [-0.39, 0.29) is 11.9 Å². The SMILES string of the molecule is CC(C)Oc1ccnc2ccc(F)cc12. The van der Waals surface area contributed by atoms with Gasteiger partial charge in [0, 0.05) is 11.6 Å². The molecular weight excluding hydrogens is 193 g/mol. The topological polar surface area (TPSA) is 22.1 Å². The van der Waals surface area contributed by atoms with Gasteiger partial charge in [-0.3, -0.25) is 4.98 Å². The van der Waals surface area contributed by atoms with Gasteiger partial charge in [0.05, 0.1) is 11.6 Å². The van der Waals surface area contributed by atoms with Crippen LogP contribution in [0.2, 0.25) is 0 Å². The Morgan fingerprint density at radius 3 is 2.80 bits per heavy atom. The van der Waals surface area contributed by atoms with Gasteiger partial charge < -0.3 is 4.74 Å². The summed E-state index contributed by atoms with van der Waals surface area (Å²) in [5, 5.41) is 0.714. The standard InChI is InChI=1S/C12H12FNO/c1-8(2)15-12-5-6-14-11-4-3-9(13)7-10(11)12/h3-8H,1-2H3. The number of nitrogens with zero attached hydrogens (tertiary/aromatic N) is 1. The van der Waals surface area contributed by atoms with Crippen molar-refractivity contribution in [2.75, 3.05) is 0 Å². The van der Waals surface area contributed by atoms with Gasteiger partial charge in [0.15, 0.2) is 0 Å². The van der Waals surface area contributed by atoms with E-state index in [1.807, 2.05) is 13.8 Å². The van der Waals surface area contributed by atoms with E-state index < -0.39 is 0 Å². The lowest BCUT2D eigenvalue weighted by Crippen LogP contribution is -2.06. The molecule has 0 aliphatic carbocycles. The summed E-state index contributed by atoms with van der Waals surface area (Å²) in [6.07, 6.45) is 1.73. The average Bonchev–Trinajstić information content (AvgIpc) is 2.18. The van der Waals surface area contributed by atoms with E-state index in [0.29, 0.717) is 11.1 Å². The summed E-state index contributed by atoms with van der Waals surface area (Å²) in [4.78, 5) is 4.14. The van der Waals surface area contributed by atoms with E-state index in [4.69, 9.17) is 4.74 Å². The zero-order chi connectivity index (χ0) is 10.8. The molecule has 0 N–H and O–H groups in total. The van der Waals surface area contributed by atoms with Crippen molar-refractivity contribution in [1.29, 1.82) is 0 Å². The molecule has 2 aromatic rings. The lowest BCUT2D eigenvalue weighted by molar-refractivity contribution is 0.245. The highest BCUT2D eigenvalue weighted by atomic mass is 19.1. The van der Waals surface area contributed by atoms with Crippen molar-refractivity contribution in [3.8, 4) is 5.75 Å². The quantitative estimate of drug-likeness (QED) is 0.751. The van der Waals surface area contributed by atoms with Crippen LogP contribution in [0.5, 0.6) is 5.75 Å². The zero-order valence-corrected chi connectivity index (χ0v) is 8.70. The number of fused-ring (bicyclic) bond motifs is 1. The molecule has 0 unspecified atom stereocenters. The van der Waals surface area contributed by atoms with Crippen LogP contribution in [0.3, 0.4) is 0 Å². The first kappa shape index (κ1) is 9.90. The summed E-state index contributed by atoms with van der Waals surface area (Å²) < 4.78 is 18.6. The van der Waals surface area contributed by atoms with Crippen molar-refractivity contribution >= 4 is 10.9 Å². The Balaban J connectivity index is 2.58. The molecule has 0 saturated heterocycles. The average molecular weight is 205 g/mol. The third kappa shape index (κ3) is 2.06. The van der Waals surface area contributed by atoms with Crippen molar-refractivity contribution in [1.82, 2.24) is 4.98 Å². The molecule has 0 aliphatic rings. The van der Waals surface area contributed by atoms with Gasteiger partial charge in [-0.2, -0.15) is 0 Å². The fourth-order valence-electron chi connectivity index (χ4n) is 1.45. The number of ether oxygens (including phenoxy) is 1. The van der Waals surface area contributed by atoms with Crippen LogP contribution < -0.4 is 4.74 Å². The minimum atomic E-state index is -0.274. The zero-order valence-electron chi connectivity index (χ0n) is 8.70. The predicted molar refractivity (Wildman–Crippen MR) is 57.5 cm³/mol. The molecule has 2 nitrogen and oxygen atoms in total. The third-order valence-corrected chi connectivity index (χ3v) is 2.03. The lowest BCUT2D eigenvalue weighted by atomic mass is 10.2. The van der Waals surface area contributed by atoms with E-state index in [9.17, 15) is 4.39 Å². The van der Waals surface area contributed by atoms with Gasteiger partial charge in [-0.15, -0.1) is 0 Å². The largest absolute Gasteiger partial charge is 0.490 e. The minimum absolute atomic E-state index is 0.0684. The van der Waals surface area contributed by atoms with Gasteiger partial charge in [-0.05, 0) is 38.1 Å². The molecule has 0 atom stereocenters. The Morgan fingerprint density at radius 2 is 2.07 bits per heavy atom. The predicted octanol–water partition coefficient (Wildman–Crippen LogP) is 3.16. The Morgan fingerprint density at radius 1 is 1.27 bits per heavy atom. The molecule has 1 aromatic heterocycles. The van der Waals surface area contributed by atoms with Crippen LogP contribution in [0.4, 0.5) is 4.39 Å². The van der Waals surface area contributed by atoms with E-state index >= 15 is 0 Å². The number of benzene rings is 1. The van der Waals surface area contributed by atoms with Gasteiger partial charge in [0.1, 0.15) is 11.6 Å². The minimum Gasteiger partial charge on any atom is -0.490 e. The smallest absolute Gasteiger partial charge is 0.130 e. The number of halogens is 1. The van der Waals surface area contributed by atoms with Crippen LogP contribution in [0.1, 0.15) is 13.8 Å². The summed E-state index contributed by atoms with van der Waals surface area (Å²) >= 11 is 0. The van der Waals surface area contributed by atoms with E-state index in [1.165, 1.54) is 12.1 Å². The van der Waals surface area contributed by atoms with E-state index in [0.717, 1.165) is 5.52 Å². The molecule has 0 bridgehead atoms. The monoisotopic (exact) mass is 205 g/mol. The highest BCUT2D eigenvalue weighted by Gasteiger charge is 2.05. The highest BCUT2D eigenvalue weighted by Crippen LogP contribution is 2.25. The Bertz CT molecular complexity index is 482. The summed E-state index contributed by atoms with van der Waals surface area (Å²) in [5.41, 5.74) is 0.745. The molecule has 0 saturated carbocycles. The van der Waals surface area contributed by atoms with E-state index in [2.05, 4.69) is 4.98 Å². The molecule has 1 aromatic carbocycles. The number of pyridine rings is 1. The molecule has 0 spiro atoms. The van der Waals surface area contributed by atoms with Gasteiger partial charge in [0.2, 0.25) is 0 Å². The van der Waals surface area contributed by atoms with Gasteiger partial charge in [-0.25, -0.2) is 4.39 Å². The fraction of sp³-hybridized carbons (Fsp3) is 0.250. The maximum Gasteiger partial charge on any atom is 0.130 e. The Hall–Kier alpha value is -1.64. The van der Waals surface area contributed by atoms with Crippen LogP contribution in [-0.2, 0) is 0 Å². The second-order valence-electron chi connectivity index (χ2n) is 3.64. The first-order valence-corrected chi connectivity index (χ1v) is 4.88. The molecule has 2 rings (SSSR count). The van der Waals surface area contributed by atoms with Gasteiger partial charge in [0.25, 0.3) is 0 Å². The van der Waals surface area contributed by atoms with Crippen molar-refractivity contribution < 1.29 is 9.13 Å². The fourth-order valence-corrected chi connectivity index (χ4v) is 1.45. The second-order valence-corrected chi connectivity index (χ2v) is 3.64. The van der Waals surface area contributed by atoms with Crippen molar-refractivity contribution in [3.63, 3.8) is 0 Å². The first-order valence-electron chi connectivity index (χ1n) is 4.88. The molecule has 0 amide bonds. The maximum absolute atomic E-state index is 13.1. The van der Waals surface area contributed by atoms with Crippen LogP contribution in [0.15, 0.2) is 30.5 Å². The molecule has 78 valence electrons. The summed E-state index contributed by atoms with van der Waals surface area (Å²) in [6.45, 7) is 3.87. The summed E-state index contributed by atoms with van der Waals surface area (Å²) in [5.74, 6) is 0.401. The van der Waals surface area contributed by atoms with Crippen molar-refractivity contribution in [2.45, 2.75) is 20.0 Å². The van der Waals surface area contributed by atoms with Crippen molar-refractivity contribution in [3.05, 3.63) is 36.3 Å². The summed E-state index contributed by atoms with van der Waals surface area (Å²) in [7, 11) is 0. The molecule has 3 heteroatoms. The molecule has 0 radical (unpaired) electrons. The second kappa shape index (κ2) is 3.85. The van der Waals surface area contributed by atoms with Gasteiger partial charge in [-0.1, -0.05) is 0 Å². The number of rotatable bonds is 2. The number of hydrogen-bond donors (Lipinski definition) is 0. The van der Waals surface area contributed by atoms with E-state index in [1.54, 1.807) is 18.3 Å². The third-order valence-electron chi connectivity index (χ3n) is 2.03. The molecular formula is C12H12FNO. The first-order chi connectivity index (χ1) is 7.16. The summed E-state index contributed by atoms with van der Waals surface area (Å²) in [6, 6.07) is 6.24. The normalized spacial score (nSPS) is 10.9. The van der Waals surface area contributed by atoms with Crippen LogP contribution in [0, 0.1) is 5.82 Å². The van der Waals surface area contributed by atoms with Crippen LogP contribution >= 0.6 is 0 Å². The molecule has 0 aliphatic heterocycles. The van der Waals surface area contributed by atoms with Gasteiger partial charge >= 0.3 is 0 Å². The van der Waals surface area contributed by atoms with Crippen LogP contribution in [0.25, 0.3) is 10.9 Å². The van der Waals surface area contributed by atoms with Crippen LogP contribution in [-0.4, -0.2) is 11.1 Å². The number of hydrogen-bond acceptors (Lipinski definition) is 2. The van der Waals surface area contributed by atoms with Crippen molar-refractivity contribution in [2.24, 2.45) is 0 Å². The molecule has 1 heterocycles. The Kier molecular flexibility index (Phi) is 2.54.